The Balaban J connectivity index is 2.47. The predicted molar refractivity (Wildman–Crippen MR) is 60.4 cm³/mol. The van der Waals surface area contributed by atoms with Crippen LogP contribution in [0.2, 0.25) is 0 Å². The van der Waals surface area contributed by atoms with E-state index in [2.05, 4.69) is 6.58 Å². The van der Waals surface area contributed by atoms with Crippen molar-refractivity contribution in [2.24, 2.45) is 0 Å². The minimum absolute atomic E-state index is 0.345. The molecule has 0 saturated carbocycles. The molecule has 0 unspecified atom stereocenters. The monoisotopic (exact) mass is 220 g/mol. The summed E-state index contributed by atoms with van der Waals surface area (Å²) in [4.78, 5) is 0.345. The third-order valence-electron chi connectivity index (χ3n) is 2.61. The lowest BCUT2D eigenvalue weighted by atomic mass is 10.2. The molecule has 0 bridgehead atoms. The van der Waals surface area contributed by atoms with E-state index < -0.39 is 14.6 Å². The second-order valence-electron chi connectivity index (χ2n) is 3.71. The molecule has 0 aliphatic heterocycles. The summed E-state index contributed by atoms with van der Waals surface area (Å²) in [5.41, 5.74) is 1.05. The topological polar surface area (TPSA) is 34.1 Å². The molecule has 15 heavy (non-hydrogen) atoms. The largest absolute Gasteiger partial charge is 0.222 e. The normalized spacial score (nSPS) is 17.4. The molecule has 0 radical (unpaired) electrons. The van der Waals surface area contributed by atoms with E-state index >= 15 is 0 Å². The van der Waals surface area contributed by atoms with Gasteiger partial charge in [0.05, 0.1) is 4.90 Å². The molecule has 0 saturated heterocycles. The van der Waals surface area contributed by atoms with E-state index in [0.29, 0.717) is 4.90 Å². The highest BCUT2D eigenvalue weighted by molar-refractivity contribution is 7.93. The van der Waals surface area contributed by atoms with Gasteiger partial charge in [-0.2, -0.15) is 0 Å². The first-order valence-electron chi connectivity index (χ1n) is 4.67. The quantitative estimate of drug-likeness (QED) is 0.732. The highest BCUT2D eigenvalue weighted by Gasteiger charge is 2.45. The molecule has 78 valence electrons. The summed E-state index contributed by atoms with van der Waals surface area (Å²) in [5, 5.41) is 0. The van der Waals surface area contributed by atoms with Crippen molar-refractivity contribution in [1.29, 1.82) is 0 Å². The van der Waals surface area contributed by atoms with Gasteiger partial charge in [-0.1, -0.05) is 35.9 Å². The van der Waals surface area contributed by atoms with Gasteiger partial charge in [0.15, 0.2) is 9.84 Å². The van der Waals surface area contributed by atoms with Crippen LogP contribution in [0.4, 0.5) is 0 Å². The lowest BCUT2D eigenvalue weighted by Gasteiger charge is -2.12. The highest BCUT2D eigenvalue weighted by Crippen LogP contribution is 2.38. The SMILES string of the molecule is C=CC1(S(=O)(=O)c2ccc(C)cc2)C=C1. The van der Waals surface area contributed by atoms with Crippen molar-refractivity contribution in [1.82, 2.24) is 0 Å². The van der Waals surface area contributed by atoms with E-state index in [0.717, 1.165) is 5.56 Å². The Morgan fingerprint density at radius 1 is 1.20 bits per heavy atom. The molecule has 0 atom stereocenters. The summed E-state index contributed by atoms with van der Waals surface area (Å²) in [6, 6.07) is 6.87. The van der Waals surface area contributed by atoms with Crippen LogP contribution in [-0.2, 0) is 9.84 Å². The van der Waals surface area contributed by atoms with Crippen LogP contribution >= 0.6 is 0 Å². The zero-order valence-corrected chi connectivity index (χ0v) is 9.29. The van der Waals surface area contributed by atoms with Crippen molar-refractivity contribution >= 4 is 9.84 Å². The van der Waals surface area contributed by atoms with Crippen LogP contribution in [0.5, 0.6) is 0 Å². The van der Waals surface area contributed by atoms with Gasteiger partial charge in [0.25, 0.3) is 0 Å². The van der Waals surface area contributed by atoms with E-state index in [4.69, 9.17) is 0 Å². The van der Waals surface area contributed by atoms with Crippen LogP contribution < -0.4 is 0 Å². The molecule has 0 aromatic heterocycles. The molecule has 0 spiro atoms. The van der Waals surface area contributed by atoms with Gasteiger partial charge in [-0.25, -0.2) is 8.42 Å². The second-order valence-corrected chi connectivity index (χ2v) is 5.89. The van der Waals surface area contributed by atoms with E-state index in [-0.39, 0.29) is 0 Å². The van der Waals surface area contributed by atoms with Gasteiger partial charge in [-0.15, -0.1) is 6.58 Å². The van der Waals surface area contributed by atoms with Gasteiger partial charge in [-0.05, 0) is 19.1 Å². The van der Waals surface area contributed by atoms with Gasteiger partial charge < -0.3 is 0 Å². The van der Waals surface area contributed by atoms with Crippen LogP contribution in [0.1, 0.15) is 5.56 Å². The molecule has 1 aromatic rings. The fourth-order valence-corrected chi connectivity index (χ4v) is 2.98. The zero-order valence-electron chi connectivity index (χ0n) is 8.47. The Kier molecular flexibility index (Phi) is 2.08. The van der Waals surface area contributed by atoms with E-state index in [1.807, 2.05) is 6.92 Å². The summed E-state index contributed by atoms with van der Waals surface area (Å²) in [5.74, 6) is 0. The molecular formula is C12H12O2S. The van der Waals surface area contributed by atoms with Crippen LogP contribution in [0.15, 0.2) is 54.0 Å². The van der Waals surface area contributed by atoms with Crippen molar-refractivity contribution in [2.75, 3.05) is 0 Å². The molecular weight excluding hydrogens is 208 g/mol. The smallest absolute Gasteiger partial charge is 0.194 e. The standard InChI is InChI=1S/C12H12O2S/c1-3-12(8-9-12)15(13,14)11-6-4-10(2)5-7-11/h3-9H,1H2,2H3. The minimum Gasteiger partial charge on any atom is -0.222 e. The van der Waals surface area contributed by atoms with Crippen LogP contribution in [0, 0.1) is 6.92 Å². The Morgan fingerprint density at radius 3 is 2.13 bits per heavy atom. The Bertz CT molecular complexity index is 515. The number of benzene rings is 1. The first-order valence-corrected chi connectivity index (χ1v) is 6.15. The van der Waals surface area contributed by atoms with Crippen molar-refractivity contribution < 1.29 is 8.42 Å². The lowest BCUT2D eigenvalue weighted by molar-refractivity contribution is 0.590. The minimum atomic E-state index is -3.32. The Morgan fingerprint density at radius 2 is 1.73 bits per heavy atom. The predicted octanol–water partition coefficient (Wildman–Crippen LogP) is 2.26. The maximum absolute atomic E-state index is 12.1. The highest BCUT2D eigenvalue weighted by atomic mass is 32.2. The van der Waals surface area contributed by atoms with Crippen molar-refractivity contribution in [3.63, 3.8) is 0 Å². The van der Waals surface area contributed by atoms with Crippen LogP contribution in [0.3, 0.4) is 0 Å². The molecule has 2 nitrogen and oxygen atoms in total. The third kappa shape index (κ3) is 1.43. The first-order chi connectivity index (χ1) is 7.02. The van der Waals surface area contributed by atoms with E-state index in [9.17, 15) is 8.42 Å². The van der Waals surface area contributed by atoms with Crippen LogP contribution in [-0.4, -0.2) is 13.2 Å². The maximum atomic E-state index is 12.1. The average Bonchev–Trinajstić information content (AvgIpc) is 2.99. The summed E-state index contributed by atoms with van der Waals surface area (Å²) < 4.78 is 23.3. The molecule has 0 amide bonds. The summed E-state index contributed by atoms with van der Waals surface area (Å²) in [7, 11) is -3.32. The Hall–Kier alpha value is -1.35. The molecule has 0 fully saturated rings. The molecule has 0 heterocycles. The Labute approximate surface area is 89.9 Å². The number of rotatable bonds is 3. The van der Waals surface area contributed by atoms with Crippen molar-refractivity contribution in [3.05, 3.63) is 54.6 Å². The van der Waals surface area contributed by atoms with Crippen LogP contribution in [0.25, 0.3) is 0 Å². The van der Waals surface area contributed by atoms with Gasteiger partial charge in [0.1, 0.15) is 4.75 Å². The molecule has 1 aliphatic rings. The van der Waals surface area contributed by atoms with E-state index in [1.54, 1.807) is 36.4 Å². The van der Waals surface area contributed by atoms with Gasteiger partial charge in [0, 0.05) is 0 Å². The van der Waals surface area contributed by atoms with Gasteiger partial charge >= 0.3 is 0 Å². The zero-order chi connectivity index (χ0) is 11.1. The van der Waals surface area contributed by atoms with Gasteiger partial charge in [-0.3, -0.25) is 0 Å². The first kappa shape index (κ1) is 10.2. The number of hydrogen-bond acceptors (Lipinski definition) is 2. The third-order valence-corrected chi connectivity index (χ3v) is 4.87. The number of hydrogen-bond donors (Lipinski definition) is 0. The number of sulfone groups is 1. The van der Waals surface area contributed by atoms with Crippen molar-refractivity contribution in [3.8, 4) is 0 Å². The maximum Gasteiger partial charge on any atom is 0.194 e. The van der Waals surface area contributed by atoms with Crippen molar-refractivity contribution in [2.45, 2.75) is 16.6 Å². The van der Waals surface area contributed by atoms with Gasteiger partial charge in [0.2, 0.25) is 0 Å². The summed E-state index contributed by atoms with van der Waals surface area (Å²) >= 11 is 0. The summed E-state index contributed by atoms with van der Waals surface area (Å²) in [6.07, 6.45) is 4.76. The second kappa shape index (κ2) is 3.07. The average molecular weight is 220 g/mol. The molecule has 3 heteroatoms. The molecule has 2 rings (SSSR count). The molecule has 1 aliphatic carbocycles. The fraction of sp³-hybridized carbons (Fsp3) is 0.167. The molecule has 1 aromatic carbocycles. The lowest BCUT2D eigenvalue weighted by Crippen LogP contribution is -2.22. The summed E-state index contributed by atoms with van der Waals surface area (Å²) in [6.45, 7) is 5.49. The number of aryl methyl sites for hydroxylation is 1. The molecule has 0 N–H and O–H groups in total. The fourth-order valence-electron chi connectivity index (χ4n) is 1.43. The van der Waals surface area contributed by atoms with E-state index in [1.165, 1.54) is 6.08 Å².